The molecule has 33 heavy (non-hydrogen) atoms. The van der Waals surface area contributed by atoms with Crippen molar-refractivity contribution < 1.29 is 9.90 Å². The molecule has 3 aromatic rings. The zero-order valence-electron chi connectivity index (χ0n) is 18.8. The number of fused-ring (bicyclic) bond motifs is 1. The normalized spacial score (nSPS) is 22.9. The van der Waals surface area contributed by atoms with Crippen LogP contribution in [-0.2, 0) is 11.3 Å². The molecule has 2 aliphatic rings. The highest BCUT2D eigenvalue weighted by atomic mass is 16.3. The maximum atomic E-state index is 13.5. The number of hydrogen-bond donors (Lipinski definition) is 1. The molecular weight excluding hydrogens is 416 g/mol. The van der Waals surface area contributed by atoms with Gasteiger partial charge in [0, 0.05) is 25.2 Å². The summed E-state index contributed by atoms with van der Waals surface area (Å²) in [5, 5.41) is 11.2. The highest BCUT2D eigenvalue weighted by Crippen LogP contribution is 2.39. The molecule has 3 heterocycles. The number of hydrogen-bond acceptors (Lipinski definition) is 5. The number of piperidine rings is 1. The average Bonchev–Trinajstić information content (AvgIpc) is 2.86. The highest BCUT2D eigenvalue weighted by Gasteiger charge is 2.39. The van der Waals surface area contributed by atoms with Gasteiger partial charge in [-0.15, -0.1) is 0 Å². The van der Waals surface area contributed by atoms with Crippen molar-refractivity contribution >= 4 is 16.9 Å². The molecule has 7 nitrogen and oxygen atoms in total. The van der Waals surface area contributed by atoms with Gasteiger partial charge < -0.3 is 10.0 Å². The molecule has 1 aliphatic carbocycles. The summed E-state index contributed by atoms with van der Waals surface area (Å²) in [6, 6.07) is 13.9. The van der Waals surface area contributed by atoms with Gasteiger partial charge in [-0.2, -0.15) is 0 Å². The number of aromatic nitrogens is 3. The minimum Gasteiger partial charge on any atom is -0.388 e. The Balaban J connectivity index is 1.27. The van der Waals surface area contributed by atoms with E-state index in [-0.39, 0.29) is 29.8 Å². The molecule has 5 rings (SSSR count). The van der Waals surface area contributed by atoms with E-state index < -0.39 is 5.60 Å². The van der Waals surface area contributed by atoms with Gasteiger partial charge in [-0.1, -0.05) is 43.2 Å². The maximum Gasteiger partial charge on any atom is 0.279 e. The van der Waals surface area contributed by atoms with Crippen LogP contribution in [0.4, 0.5) is 0 Å². The molecule has 1 amide bonds. The van der Waals surface area contributed by atoms with Gasteiger partial charge in [-0.25, -0.2) is 9.97 Å². The maximum absolute atomic E-state index is 13.5. The van der Waals surface area contributed by atoms with Crippen LogP contribution in [0.1, 0.15) is 50.0 Å². The van der Waals surface area contributed by atoms with Gasteiger partial charge in [0.1, 0.15) is 0 Å². The quantitative estimate of drug-likeness (QED) is 0.665. The Morgan fingerprint density at radius 2 is 1.79 bits per heavy atom. The van der Waals surface area contributed by atoms with Crippen LogP contribution in [0.2, 0.25) is 0 Å². The Hall–Kier alpha value is -3.06. The fourth-order valence-electron chi connectivity index (χ4n) is 5.48. The fraction of sp³-hybridized carbons (Fsp3) is 0.462. The van der Waals surface area contributed by atoms with E-state index in [0.717, 1.165) is 25.7 Å². The zero-order chi connectivity index (χ0) is 22.8. The molecule has 1 aliphatic heterocycles. The lowest BCUT2D eigenvalue weighted by Crippen LogP contribution is -2.51. The predicted octanol–water partition coefficient (Wildman–Crippen LogP) is 3.12. The molecule has 1 saturated heterocycles. The van der Waals surface area contributed by atoms with Gasteiger partial charge >= 0.3 is 0 Å². The van der Waals surface area contributed by atoms with Crippen LogP contribution in [0.5, 0.6) is 0 Å². The molecular formula is C26H30N4O3. The zero-order valence-corrected chi connectivity index (χ0v) is 18.8. The third-order valence-corrected chi connectivity index (χ3v) is 7.37. The number of carbonyl (C=O) groups is 1. The van der Waals surface area contributed by atoms with Crippen LogP contribution in [0.25, 0.3) is 11.0 Å². The Bertz CT molecular complexity index is 1180. The van der Waals surface area contributed by atoms with Crippen LogP contribution in [0.15, 0.2) is 59.8 Å². The molecule has 2 unspecified atom stereocenters. The molecule has 1 N–H and O–H groups in total. The number of likely N-dealkylation sites (tertiary alicyclic amines) is 1. The van der Waals surface area contributed by atoms with Crippen LogP contribution in [0.3, 0.4) is 0 Å². The van der Waals surface area contributed by atoms with Gasteiger partial charge in [0.15, 0.2) is 5.52 Å². The first-order valence-corrected chi connectivity index (χ1v) is 11.9. The lowest BCUT2D eigenvalue weighted by atomic mass is 9.74. The van der Waals surface area contributed by atoms with Crippen molar-refractivity contribution in [2.24, 2.45) is 5.92 Å². The summed E-state index contributed by atoms with van der Waals surface area (Å²) in [7, 11) is 0. The van der Waals surface area contributed by atoms with Gasteiger partial charge in [-0.3, -0.25) is 14.2 Å². The number of pyridine rings is 1. The average molecular weight is 447 g/mol. The van der Waals surface area contributed by atoms with E-state index in [0.29, 0.717) is 37.0 Å². The molecule has 1 saturated carbocycles. The van der Waals surface area contributed by atoms with Gasteiger partial charge in [0.25, 0.3) is 5.56 Å². The highest BCUT2D eigenvalue weighted by molar-refractivity contribution is 5.80. The molecule has 2 aromatic heterocycles. The summed E-state index contributed by atoms with van der Waals surface area (Å²) in [6.07, 6.45) is 8.14. The number of carbonyl (C=O) groups excluding carboxylic acids is 1. The van der Waals surface area contributed by atoms with Crippen molar-refractivity contribution in [1.82, 2.24) is 19.4 Å². The van der Waals surface area contributed by atoms with Crippen LogP contribution >= 0.6 is 0 Å². The van der Waals surface area contributed by atoms with Gasteiger partial charge in [0.05, 0.1) is 24.0 Å². The molecule has 0 bridgehead atoms. The van der Waals surface area contributed by atoms with E-state index >= 15 is 0 Å². The summed E-state index contributed by atoms with van der Waals surface area (Å²) in [6.45, 7) is 1.16. The Morgan fingerprint density at radius 1 is 1.03 bits per heavy atom. The molecule has 2 fully saturated rings. The second-order valence-electron chi connectivity index (χ2n) is 9.51. The summed E-state index contributed by atoms with van der Waals surface area (Å²) in [5.41, 5.74) is 0.809. The van der Waals surface area contributed by atoms with E-state index in [2.05, 4.69) is 22.1 Å². The number of amides is 1. The van der Waals surface area contributed by atoms with Crippen LogP contribution in [-0.4, -0.2) is 49.1 Å². The minimum absolute atomic E-state index is 0.00530. The second kappa shape index (κ2) is 9.06. The largest absolute Gasteiger partial charge is 0.388 e. The van der Waals surface area contributed by atoms with E-state index in [4.69, 9.17) is 0 Å². The van der Waals surface area contributed by atoms with Crippen LogP contribution < -0.4 is 5.56 Å². The first-order valence-electron chi connectivity index (χ1n) is 11.9. The van der Waals surface area contributed by atoms with Crippen molar-refractivity contribution in [3.8, 4) is 0 Å². The summed E-state index contributed by atoms with van der Waals surface area (Å²) < 4.78 is 1.44. The first-order chi connectivity index (χ1) is 16.0. The Morgan fingerprint density at radius 3 is 2.58 bits per heavy atom. The van der Waals surface area contributed by atoms with E-state index in [1.165, 1.54) is 16.5 Å². The molecule has 172 valence electrons. The smallest absolute Gasteiger partial charge is 0.279 e. The lowest BCUT2D eigenvalue weighted by molar-refractivity contribution is -0.142. The van der Waals surface area contributed by atoms with Crippen molar-refractivity contribution in [3.63, 3.8) is 0 Å². The van der Waals surface area contributed by atoms with Crippen molar-refractivity contribution in [3.05, 3.63) is 70.9 Å². The number of benzene rings is 1. The topological polar surface area (TPSA) is 88.3 Å². The van der Waals surface area contributed by atoms with Gasteiger partial charge in [0.2, 0.25) is 5.91 Å². The first kappa shape index (κ1) is 21.8. The number of nitrogens with zero attached hydrogens (tertiary/aromatic N) is 4. The predicted molar refractivity (Wildman–Crippen MR) is 126 cm³/mol. The van der Waals surface area contributed by atoms with Gasteiger partial charge in [-0.05, 0) is 49.3 Å². The molecule has 2 atom stereocenters. The summed E-state index contributed by atoms with van der Waals surface area (Å²) in [4.78, 5) is 36.6. The van der Waals surface area contributed by atoms with E-state index in [1.807, 2.05) is 23.1 Å². The fourth-order valence-corrected chi connectivity index (χ4v) is 5.48. The van der Waals surface area contributed by atoms with E-state index in [1.54, 1.807) is 18.3 Å². The molecule has 7 heteroatoms. The van der Waals surface area contributed by atoms with Crippen LogP contribution in [0, 0.1) is 5.92 Å². The molecule has 1 aromatic carbocycles. The van der Waals surface area contributed by atoms with Crippen molar-refractivity contribution in [2.45, 2.75) is 56.6 Å². The van der Waals surface area contributed by atoms with Crippen molar-refractivity contribution in [2.75, 3.05) is 13.1 Å². The lowest BCUT2D eigenvalue weighted by Gasteiger charge is -2.41. The minimum atomic E-state index is -1.05. The summed E-state index contributed by atoms with van der Waals surface area (Å²) in [5.74, 6) is 0.480. The Labute approximate surface area is 193 Å². The molecule has 0 radical (unpaired) electrons. The monoisotopic (exact) mass is 446 g/mol. The SMILES string of the molecule is O=C(C1CCCCC1c1ccccc1)N1CCC(O)(Cn2cnc3cccnc3c2=O)CC1. The number of rotatable bonds is 4. The summed E-state index contributed by atoms with van der Waals surface area (Å²) >= 11 is 0. The molecule has 0 spiro atoms. The number of aliphatic hydroxyl groups is 1. The standard InChI is InChI=1S/C26H30N4O3/c31-24(21-10-5-4-9-20(21)19-7-2-1-3-8-19)29-15-12-26(33,13-16-29)17-30-18-28-22-11-6-14-27-23(22)25(30)32/h1-3,6-8,11,14,18,20-21,33H,4-5,9-10,12-13,15-17H2. The van der Waals surface area contributed by atoms with Crippen molar-refractivity contribution in [1.29, 1.82) is 0 Å². The second-order valence-corrected chi connectivity index (χ2v) is 9.51. The third-order valence-electron chi connectivity index (χ3n) is 7.37. The third kappa shape index (κ3) is 4.42. The Kier molecular flexibility index (Phi) is 5.98. The van der Waals surface area contributed by atoms with E-state index in [9.17, 15) is 14.7 Å².